The Morgan fingerprint density at radius 1 is 1.26 bits per heavy atom. The molecule has 0 heterocycles. The number of halogens is 2. The van der Waals surface area contributed by atoms with Crippen LogP contribution in [0.3, 0.4) is 0 Å². The van der Waals surface area contributed by atoms with E-state index in [1.54, 1.807) is 0 Å². The minimum Gasteiger partial charge on any atom is -0.480 e. The minimum atomic E-state index is -2.92. The Labute approximate surface area is 107 Å². The maximum atomic E-state index is 11.9. The second-order valence-corrected chi connectivity index (χ2v) is 3.56. The molecule has 0 bridgehead atoms. The van der Waals surface area contributed by atoms with Crippen molar-refractivity contribution in [1.82, 2.24) is 5.32 Å². The van der Waals surface area contributed by atoms with Crippen LogP contribution in [0.5, 0.6) is 5.75 Å². The summed E-state index contributed by atoms with van der Waals surface area (Å²) in [5, 5.41) is 13.1. The van der Waals surface area contributed by atoms with Gasteiger partial charge in [-0.05, 0) is 31.2 Å². The van der Waals surface area contributed by atoms with Gasteiger partial charge in [-0.1, -0.05) is 0 Å². The number of hydrogen-bond acceptors (Lipinski definition) is 3. The highest BCUT2D eigenvalue weighted by atomic mass is 19.3. The summed E-state index contributed by atoms with van der Waals surface area (Å²) in [5.41, 5.74) is 0.316. The van der Waals surface area contributed by atoms with E-state index in [1.807, 2.05) is 0 Å². The van der Waals surface area contributed by atoms with Crippen LogP contribution in [0.1, 0.15) is 6.92 Å². The van der Waals surface area contributed by atoms with Crippen molar-refractivity contribution in [3.05, 3.63) is 24.3 Å². The number of benzene rings is 1. The van der Waals surface area contributed by atoms with Gasteiger partial charge in [0.15, 0.2) is 0 Å². The monoisotopic (exact) mass is 274 g/mol. The number of nitrogens with one attached hydrogen (secondary N) is 2. The second-order valence-electron chi connectivity index (χ2n) is 3.56. The zero-order valence-electron chi connectivity index (χ0n) is 9.89. The molecule has 0 aliphatic carbocycles. The third-order valence-corrected chi connectivity index (χ3v) is 2.06. The third-order valence-electron chi connectivity index (χ3n) is 2.06. The van der Waals surface area contributed by atoms with E-state index in [0.717, 1.165) is 0 Å². The van der Waals surface area contributed by atoms with Crippen molar-refractivity contribution in [3.8, 4) is 5.75 Å². The fourth-order valence-electron chi connectivity index (χ4n) is 1.15. The van der Waals surface area contributed by atoms with Crippen LogP contribution in [-0.4, -0.2) is 29.8 Å². The molecule has 19 heavy (non-hydrogen) atoms. The standard InChI is InChI=1S/C11H12F2N2O4/c1-6(9(16)17)14-11(18)15-7-2-4-8(5-3-7)19-10(12)13/h2-6,10H,1H3,(H,16,17)(H2,14,15,18)/t6-/m1/s1. The van der Waals surface area contributed by atoms with Gasteiger partial charge >= 0.3 is 18.6 Å². The van der Waals surface area contributed by atoms with Gasteiger partial charge in [-0.25, -0.2) is 4.79 Å². The van der Waals surface area contributed by atoms with E-state index in [0.29, 0.717) is 5.69 Å². The summed E-state index contributed by atoms with van der Waals surface area (Å²) < 4.78 is 27.9. The van der Waals surface area contributed by atoms with Crippen molar-refractivity contribution in [3.63, 3.8) is 0 Å². The van der Waals surface area contributed by atoms with Crippen molar-refractivity contribution in [2.24, 2.45) is 0 Å². The summed E-state index contributed by atoms with van der Waals surface area (Å²) in [4.78, 5) is 21.9. The van der Waals surface area contributed by atoms with Crippen LogP contribution < -0.4 is 15.4 Å². The number of hydrogen-bond donors (Lipinski definition) is 3. The molecule has 1 aromatic rings. The summed E-state index contributed by atoms with van der Waals surface area (Å²) in [6.07, 6.45) is 0. The predicted molar refractivity (Wildman–Crippen MR) is 62.3 cm³/mol. The van der Waals surface area contributed by atoms with Gasteiger partial charge in [0.2, 0.25) is 0 Å². The molecule has 0 fully saturated rings. The molecule has 0 radical (unpaired) electrons. The highest BCUT2D eigenvalue weighted by Crippen LogP contribution is 2.17. The Kier molecular flexibility index (Phi) is 5.04. The van der Waals surface area contributed by atoms with Crippen LogP contribution in [0.2, 0.25) is 0 Å². The summed E-state index contributed by atoms with van der Waals surface area (Å²) >= 11 is 0. The molecular formula is C11H12F2N2O4. The number of amides is 2. The van der Waals surface area contributed by atoms with Crippen molar-refractivity contribution >= 4 is 17.7 Å². The Balaban J connectivity index is 2.53. The first-order valence-electron chi connectivity index (χ1n) is 5.23. The first-order chi connectivity index (χ1) is 8.88. The van der Waals surface area contributed by atoms with E-state index >= 15 is 0 Å². The average Bonchev–Trinajstić information content (AvgIpc) is 2.30. The summed E-state index contributed by atoms with van der Waals surface area (Å²) in [6, 6.07) is 3.45. The average molecular weight is 274 g/mol. The van der Waals surface area contributed by atoms with Gasteiger partial charge in [-0.2, -0.15) is 8.78 Å². The van der Waals surface area contributed by atoms with Crippen molar-refractivity contribution in [2.45, 2.75) is 19.6 Å². The molecule has 1 rings (SSSR count). The summed E-state index contributed by atoms with van der Waals surface area (Å²) in [5.74, 6) is -1.21. The number of carbonyl (C=O) groups excluding carboxylic acids is 1. The summed E-state index contributed by atoms with van der Waals surface area (Å²) in [6.45, 7) is -1.61. The van der Waals surface area contributed by atoms with E-state index in [1.165, 1.54) is 31.2 Å². The van der Waals surface area contributed by atoms with Gasteiger partial charge in [-0.3, -0.25) is 4.79 Å². The molecule has 0 aromatic heterocycles. The number of anilines is 1. The van der Waals surface area contributed by atoms with Gasteiger partial charge in [0.1, 0.15) is 11.8 Å². The molecule has 1 aromatic carbocycles. The normalized spacial score (nSPS) is 11.8. The predicted octanol–water partition coefficient (Wildman–Crippen LogP) is 1.88. The molecule has 0 saturated heterocycles. The van der Waals surface area contributed by atoms with Crippen LogP contribution in [0.25, 0.3) is 0 Å². The quantitative estimate of drug-likeness (QED) is 0.765. The van der Waals surface area contributed by atoms with Gasteiger partial charge in [0.25, 0.3) is 0 Å². The molecule has 3 N–H and O–H groups in total. The number of carboxylic acids is 1. The fourth-order valence-corrected chi connectivity index (χ4v) is 1.15. The second kappa shape index (κ2) is 6.53. The molecule has 6 nitrogen and oxygen atoms in total. The van der Waals surface area contributed by atoms with Crippen molar-refractivity contribution < 1.29 is 28.2 Å². The number of carbonyl (C=O) groups is 2. The first kappa shape index (κ1) is 14.7. The van der Waals surface area contributed by atoms with Crippen LogP contribution in [0, 0.1) is 0 Å². The van der Waals surface area contributed by atoms with E-state index in [2.05, 4.69) is 15.4 Å². The SMILES string of the molecule is C[C@@H](NC(=O)Nc1ccc(OC(F)F)cc1)C(=O)O. The number of ether oxygens (including phenoxy) is 1. The molecule has 104 valence electrons. The molecule has 0 aliphatic heterocycles. The largest absolute Gasteiger partial charge is 0.480 e. The highest BCUT2D eigenvalue weighted by molar-refractivity contribution is 5.92. The van der Waals surface area contributed by atoms with Crippen molar-refractivity contribution in [2.75, 3.05) is 5.32 Å². The smallest absolute Gasteiger partial charge is 0.387 e. The Bertz CT molecular complexity index is 451. The molecule has 1 atom stereocenters. The minimum absolute atomic E-state index is 0.0418. The lowest BCUT2D eigenvalue weighted by Gasteiger charge is -2.11. The lowest BCUT2D eigenvalue weighted by Crippen LogP contribution is -2.40. The first-order valence-corrected chi connectivity index (χ1v) is 5.23. The van der Waals surface area contributed by atoms with E-state index < -0.39 is 24.7 Å². The molecule has 2 amide bonds. The fraction of sp³-hybridized carbons (Fsp3) is 0.273. The van der Waals surface area contributed by atoms with Gasteiger partial charge < -0.3 is 20.5 Å². The van der Waals surface area contributed by atoms with Crippen LogP contribution in [0.15, 0.2) is 24.3 Å². The van der Waals surface area contributed by atoms with E-state index in [9.17, 15) is 18.4 Å². The number of rotatable bonds is 5. The lowest BCUT2D eigenvalue weighted by atomic mass is 10.3. The van der Waals surface area contributed by atoms with Crippen LogP contribution >= 0.6 is 0 Å². The maximum Gasteiger partial charge on any atom is 0.387 e. The molecular weight excluding hydrogens is 262 g/mol. The highest BCUT2D eigenvalue weighted by Gasteiger charge is 2.13. The van der Waals surface area contributed by atoms with Crippen molar-refractivity contribution in [1.29, 1.82) is 0 Å². The zero-order chi connectivity index (χ0) is 14.4. The van der Waals surface area contributed by atoms with Gasteiger partial charge in [0, 0.05) is 5.69 Å². The molecule has 0 spiro atoms. The molecule has 0 unspecified atom stereocenters. The topological polar surface area (TPSA) is 87.7 Å². The van der Waals surface area contributed by atoms with E-state index in [-0.39, 0.29) is 5.75 Å². The third kappa shape index (κ3) is 5.19. The van der Waals surface area contributed by atoms with E-state index in [4.69, 9.17) is 5.11 Å². The van der Waals surface area contributed by atoms with Gasteiger partial charge in [0.05, 0.1) is 0 Å². The zero-order valence-corrected chi connectivity index (χ0v) is 9.89. The Morgan fingerprint density at radius 2 is 1.84 bits per heavy atom. The number of urea groups is 1. The number of carboxylic acid groups (broad SMARTS) is 1. The molecule has 8 heteroatoms. The number of aliphatic carboxylic acids is 1. The lowest BCUT2D eigenvalue weighted by molar-refractivity contribution is -0.138. The Morgan fingerprint density at radius 3 is 2.32 bits per heavy atom. The van der Waals surface area contributed by atoms with Gasteiger partial charge in [-0.15, -0.1) is 0 Å². The molecule has 0 aliphatic rings. The van der Waals surface area contributed by atoms with Crippen LogP contribution in [0.4, 0.5) is 19.3 Å². The molecule has 0 saturated carbocycles. The Hall–Kier alpha value is -2.38. The number of alkyl halides is 2. The van der Waals surface area contributed by atoms with Crippen LogP contribution in [-0.2, 0) is 4.79 Å². The maximum absolute atomic E-state index is 11.9. The summed E-state index contributed by atoms with van der Waals surface area (Å²) in [7, 11) is 0.